The first-order chi connectivity index (χ1) is 10.2. The first-order valence-electron chi connectivity index (χ1n) is 6.41. The van der Waals surface area contributed by atoms with Gasteiger partial charge in [0.1, 0.15) is 30.2 Å². The van der Waals surface area contributed by atoms with Crippen LogP contribution in [0.5, 0.6) is 5.75 Å². The van der Waals surface area contributed by atoms with Gasteiger partial charge in [0.25, 0.3) is 0 Å². The van der Waals surface area contributed by atoms with Crippen LogP contribution in [0.1, 0.15) is 17.0 Å². The van der Waals surface area contributed by atoms with Gasteiger partial charge < -0.3 is 10.1 Å². The first kappa shape index (κ1) is 13.1. The fourth-order valence-electron chi connectivity index (χ4n) is 2.32. The molecule has 0 bridgehead atoms. The molecule has 0 spiro atoms. The summed E-state index contributed by atoms with van der Waals surface area (Å²) >= 11 is 0. The number of anilines is 1. The molecule has 1 heterocycles. The van der Waals surface area contributed by atoms with Crippen LogP contribution in [0.2, 0.25) is 0 Å². The van der Waals surface area contributed by atoms with Gasteiger partial charge in [-0.3, -0.25) is 4.79 Å². The Morgan fingerprint density at radius 2 is 2.14 bits per heavy atom. The molecule has 1 N–H and O–H groups in total. The number of carbonyl (C=O) groups is 1. The molecule has 5 heteroatoms. The summed E-state index contributed by atoms with van der Waals surface area (Å²) in [6.07, 6.45) is 0. The monoisotopic (exact) mass is 282 g/mol. The van der Waals surface area contributed by atoms with Crippen LogP contribution in [-0.4, -0.2) is 12.5 Å². The summed E-state index contributed by atoms with van der Waals surface area (Å²) in [4.78, 5) is 12.3. The molecule has 104 valence electrons. The Morgan fingerprint density at radius 3 is 2.95 bits per heavy atom. The van der Waals surface area contributed by atoms with E-state index in [4.69, 9.17) is 10.00 Å². The number of hydrogen-bond donors (Lipinski definition) is 1. The van der Waals surface area contributed by atoms with E-state index in [1.165, 1.54) is 12.1 Å². The van der Waals surface area contributed by atoms with Gasteiger partial charge in [-0.2, -0.15) is 5.26 Å². The molecule has 0 aliphatic carbocycles. The molecule has 0 fully saturated rings. The molecule has 0 radical (unpaired) electrons. The number of nitrogens with zero attached hydrogens (tertiary/aromatic N) is 1. The van der Waals surface area contributed by atoms with E-state index in [9.17, 15) is 9.18 Å². The minimum Gasteiger partial charge on any atom is -0.492 e. The lowest BCUT2D eigenvalue weighted by atomic mass is 10.0. The van der Waals surface area contributed by atoms with Gasteiger partial charge in [-0.1, -0.05) is 18.2 Å². The van der Waals surface area contributed by atoms with Crippen LogP contribution in [-0.2, 0) is 4.79 Å². The highest BCUT2D eigenvalue weighted by atomic mass is 19.1. The standard InChI is InChI=1S/C16H11FN2O2/c17-11-5-6-14(10(7-11)8-18)19-16(20)13-9-21-15-4-2-1-3-12(13)15/h1-7,13H,9H2,(H,19,20). The summed E-state index contributed by atoms with van der Waals surface area (Å²) < 4.78 is 18.5. The van der Waals surface area contributed by atoms with Crippen LogP contribution in [0.4, 0.5) is 10.1 Å². The van der Waals surface area contributed by atoms with Crippen molar-refractivity contribution in [1.29, 1.82) is 5.26 Å². The molecular weight excluding hydrogens is 271 g/mol. The number of fused-ring (bicyclic) bond motifs is 1. The zero-order chi connectivity index (χ0) is 14.8. The number of carbonyl (C=O) groups excluding carboxylic acids is 1. The fraction of sp³-hybridized carbons (Fsp3) is 0.125. The maximum Gasteiger partial charge on any atom is 0.235 e. The highest BCUT2D eigenvalue weighted by Crippen LogP contribution is 2.34. The molecule has 2 aromatic carbocycles. The molecule has 1 aliphatic rings. The number of rotatable bonds is 2. The van der Waals surface area contributed by atoms with Crippen molar-refractivity contribution in [2.75, 3.05) is 11.9 Å². The lowest BCUT2D eigenvalue weighted by molar-refractivity contribution is -0.117. The first-order valence-corrected chi connectivity index (χ1v) is 6.41. The highest BCUT2D eigenvalue weighted by Gasteiger charge is 2.30. The molecular formula is C16H11FN2O2. The zero-order valence-electron chi connectivity index (χ0n) is 11.0. The molecule has 1 unspecified atom stereocenters. The topological polar surface area (TPSA) is 62.1 Å². The summed E-state index contributed by atoms with van der Waals surface area (Å²) in [5.41, 5.74) is 1.21. The lowest BCUT2D eigenvalue weighted by Crippen LogP contribution is -2.22. The molecule has 0 saturated carbocycles. The van der Waals surface area contributed by atoms with Gasteiger partial charge in [-0.15, -0.1) is 0 Å². The molecule has 3 rings (SSSR count). The van der Waals surface area contributed by atoms with Crippen molar-refractivity contribution in [3.05, 3.63) is 59.4 Å². The van der Waals surface area contributed by atoms with Gasteiger partial charge in [-0.25, -0.2) is 4.39 Å². The second-order valence-electron chi connectivity index (χ2n) is 4.69. The van der Waals surface area contributed by atoms with Gasteiger partial charge >= 0.3 is 0 Å². The van der Waals surface area contributed by atoms with Crippen molar-refractivity contribution in [2.45, 2.75) is 5.92 Å². The normalized spacial score (nSPS) is 15.7. The molecule has 1 aliphatic heterocycles. The Balaban J connectivity index is 1.84. The van der Waals surface area contributed by atoms with Crippen molar-refractivity contribution < 1.29 is 13.9 Å². The molecule has 0 aromatic heterocycles. The molecule has 1 amide bonds. The Kier molecular flexibility index (Phi) is 3.28. The number of hydrogen-bond acceptors (Lipinski definition) is 3. The van der Waals surface area contributed by atoms with Crippen molar-refractivity contribution in [3.63, 3.8) is 0 Å². The third-order valence-electron chi connectivity index (χ3n) is 3.38. The summed E-state index contributed by atoms with van der Waals surface area (Å²) in [5, 5.41) is 11.6. The molecule has 0 saturated heterocycles. The van der Waals surface area contributed by atoms with Gasteiger partial charge in [0, 0.05) is 5.56 Å². The number of nitrogens with one attached hydrogen (secondary N) is 1. The Bertz CT molecular complexity index is 752. The second-order valence-corrected chi connectivity index (χ2v) is 4.69. The van der Waals surface area contributed by atoms with Gasteiger partial charge in [0.15, 0.2) is 0 Å². The average molecular weight is 282 g/mol. The maximum absolute atomic E-state index is 13.1. The van der Waals surface area contributed by atoms with Crippen LogP contribution in [0, 0.1) is 17.1 Å². The number of ether oxygens (including phenoxy) is 1. The van der Waals surface area contributed by atoms with Crippen LogP contribution >= 0.6 is 0 Å². The van der Waals surface area contributed by atoms with Gasteiger partial charge in [-0.05, 0) is 24.3 Å². The number of nitriles is 1. The second kappa shape index (κ2) is 5.25. The number of benzene rings is 2. The molecule has 4 nitrogen and oxygen atoms in total. The fourth-order valence-corrected chi connectivity index (χ4v) is 2.32. The highest BCUT2D eigenvalue weighted by molar-refractivity contribution is 5.97. The van der Waals surface area contributed by atoms with E-state index in [1.807, 2.05) is 24.3 Å². The summed E-state index contributed by atoms with van der Waals surface area (Å²) in [7, 11) is 0. The Morgan fingerprint density at radius 1 is 1.33 bits per heavy atom. The van der Waals surface area contributed by atoms with Crippen molar-refractivity contribution in [1.82, 2.24) is 0 Å². The number of halogens is 1. The summed E-state index contributed by atoms with van der Waals surface area (Å²) in [6.45, 7) is 0.258. The summed E-state index contributed by atoms with van der Waals surface area (Å²) in [6, 6.07) is 12.9. The van der Waals surface area contributed by atoms with E-state index in [-0.39, 0.29) is 18.1 Å². The van der Waals surface area contributed by atoms with Crippen LogP contribution < -0.4 is 10.1 Å². The molecule has 21 heavy (non-hydrogen) atoms. The maximum atomic E-state index is 13.1. The van der Waals surface area contributed by atoms with E-state index >= 15 is 0 Å². The van der Waals surface area contributed by atoms with Crippen molar-refractivity contribution in [2.24, 2.45) is 0 Å². The molecule has 2 aromatic rings. The van der Waals surface area contributed by atoms with E-state index in [2.05, 4.69) is 5.32 Å². The predicted octanol–water partition coefficient (Wildman–Crippen LogP) is 2.81. The number of para-hydroxylation sites is 1. The Labute approximate surface area is 120 Å². The Hall–Kier alpha value is -2.87. The van der Waals surface area contributed by atoms with E-state index in [0.717, 1.165) is 11.6 Å². The van der Waals surface area contributed by atoms with Crippen LogP contribution in [0.3, 0.4) is 0 Å². The quantitative estimate of drug-likeness (QED) is 0.921. The van der Waals surface area contributed by atoms with Crippen molar-refractivity contribution in [3.8, 4) is 11.8 Å². The van der Waals surface area contributed by atoms with Crippen LogP contribution in [0.25, 0.3) is 0 Å². The van der Waals surface area contributed by atoms with Gasteiger partial charge in [0.2, 0.25) is 5.91 Å². The SMILES string of the molecule is N#Cc1cc(F)ccc1NC(=O)C1COc2ccccc21. The van der Waals surface area contributed by atoms with E-state index in [0.29, 0.717) is 11.4 Å². The predicted molar refractivity (Wildman–Crippen MR) is 74.4 cm³/mol. The van der Waals surface area contributed by atoms with Crippen molar-refractivity contribution >= 4 is 11.6 Å². The zero-order valence-corrected chi connectivity index (χ0v) is 11.0. The summed E-state index contributed by atoms with van der Waals surface area (Å²) in [5.74, 6) is -0.530. The minimum absolute atomic E-state index is 0.0931. The average Bonchev–Trinajstić information content (AvgIpc) is 2.93. The lowest BCUT2D eigenvalue weighted by Gasteiger charge is -2.11. The minimum atomic E-state index is -0.515. The van der Waals surface area contributed by atoms with E-state index in [1.54, 1.807) is 6.07 Å². The molecule has 1 atom stereocenters. The smallest absolute Gasteiger partial charge is 0.235 e. The third-order valence-corrected chi connectivity index (χ3v) is 3.38. The largest absolute Gasteiger partial charge is 0.492 e. The van der Waals surface area contributed by atoms with Crippen LogP contribution in [0.15, 0.2) is 42.5 Å². The van der Waals surface area contributed by atoms with E-state index < -0.39 is 11.7 Å². The van der Waals surface area contributed by atoms with Gasteiger partial charge in [0.05, 0.1) is 11.3 Å². The third kappa shape index (κ3) is 2.43. The number of amides is 1.